The van der Waals surface area contributed by atoms with Crippen molar-refractivity contribution in [2.45, 2.75) is 52.7 Å². The summed E-state index contributed by atoms with van der Waals surface area (Å²) >= 11 is 5.97. The summed E-state index contributed by atoms with van der Waals surface area (Å²) in [6.07, 6.45) is 1.79. The van der Waals surface area contributed by atoms with Gasteiger partial charge in [0.25, 0.3) is 0 Å². The van der Waals surface area contributed by atoms with E-state index in [1.54, 1.807) is 6.20 Å². The number of benzene rings is 1. The van der Waals surface area contributed by atoms with Crippen molar-refractivity contribution in [1.82, 2.24) is 4.98 Å². The number of halogens is 1. The van der Waals surface area contributed by atoms with Crippen molar-refractivity contribution in [2.24, 2.45) is 5.73 Å². The number of hydrogen-bond acceptors (Lipinski definition) is 4. The maximum absolute atomic E-state index is 6.03. The summed E-state index contributed by atoms with van der Waals surface area (Å²) in [5.74, 6) is 0. The van der Waals surface area contributed by atoms with Gasteiger partial charge in [-0.05, 0) is 52.3 Å². The summed E-state index contributed by atoms with van der Waals surface area (Å²) in [7, 11) is 1.12. The summed E-state index contributed by atoms with van der Waals surface area (Å²) < 4.78 is 12.1. The van der Waals surface area contributed by atoms with Gasteiger partial charge >= 0.3 is 7.12 Å². The second-order valence-electron chi connectivity index (χ2n) is 6.19. The first-order chi connectivity index (χ1) is 11.3. The van der Waals surface area contributed by atoms with E-state index in [0.717, 1.165) is 16.4 Å². The van der Waals surface area contributed by atoms with Crippen LogP contribution in [0.25, 0.3) is 10.9 Å². The van der Waals surface area contributed by atoms with Gasteiger partial charge in [0.15, 0.2) is 0 Å². The largest absolute Gasteiger partial charge is 0.496 e. The quantitative estimate of drug-likeness (QED) is 0.795. The zero-order valence-corrected chi connectivity index (χ0v) is 16.4. The molecule has 0 atom stereocenters. The predicted molar refractivity (Wildman–Crippen MR) is 104 cm³/mol. The Morgan fingerprint density at radius 2 is 1.54 bits per heavy atom. The van der Waals surface area contributed by atoms with E-state index in [1.807, 2.05) is 65.8 Å². The number of nitrogens with two attached hydrogens (primary N) is 1. The Labute approximate surface area is 150 Å². The van der Waals surface area contributed by atoms with E-state index in [1.165, 1.54) is 7.05 Å². The average Bonchev–Trinajstić information content (AvgIpc) is 2.79. The van der Waals surface area contributed by atoms with Gasteiger partial charge in [-0.1, -0.05) is 37.6 Å². The number of nitrogens with zero attached hydrogens (tertiary/aromatic N) is 1. The predicted octanol–water partition coefficient (Wildman–Crippen LogP) is 3.79. The molecular formula is C18H28BClN2O2. The molecule has 2 N–H and O–H groups in total. The molecule has 1 aliphatic rings. The molecule has 0 spiro atoms. The summed E-state index contributed by atoms with van der Waals surface area (Å²) in [5, 5.41) is 1.72. The van der Waals surface area contributed by atoms with Crippen LogP contribution in [-0.4, -0.2) is 30.4 Å². The summed E-state index contributed by atoms with van der Waals surface area (Å²) in [6, 6.07) is 7.71. The molecule has 6 heteroatoms. The Balaban J connectivity index is 0.000000671. The van der Waals surface area contributed by atoms with Gasteiger partial charge in [-0.3, -0.25) is 4.98 Å². The van der Waals surface area contributed by atoms with E-state index < -0.39 is 0 Å². The number of hydrogen-bond donors (Lipinski definition) is 1. The molecule has 2 aromatic rings. The highest BCUT2D eigenvalue weighted by molar-refractivity contribution is 6.62. The van der Waals surface area contributed by atoms with Gasteiger partial charge < -0.3 is 15.0 Å². The topological polar surface area (TPSA) is 57.4 Å². The molecular weight excluding hydrogens is 322 g/mol. The first-order valence-electron chi connectivity index (χ1n) is 8.27. The first-order valence-corrected chi connectivity index (χ1v) is 8.65. The van der Waals surface area contributed by atoms with Crippen LogP contribution < -0.4 is 11.2 Å². The van der Waals surface area contributed by atoms with E-state index in [0.29, 0.717) is 5.02 Å². The highest BCUT2D eigenvalue weighted by atomic mass is 35.5. The summed E-state index contributed by atoms with van der Waals surface area (Å²) in [5.41, 5.74) is 5.62. The molecule has 4 nitrogen and oxygen atoms in total. The molecule has 0 aliphatic carbocycles. The van der Waals surface area contributed by atoms with Crippen molar-refractivity contribution < 1.29 is 9.31 Å². The van der Waals surface area contributed by atoms with Gasteiger partial charge in [-0.25, -0.2) is 0 Å². The lowest BCUT2D eigenvalue weighted by Crippen LogP contribution is -2.41. The third-order valence-electron chi connectivity index (χ3n) is 4.19. The Kier molecular flexibility index (Phi) is 7.23. The average molecular weight is 351 g/mol. The number of fused-ring (bicyclic) bond motifs is 1. The van der Waals surface area contributed by atoms with Crippen LogP contribution in [0, 0.1) is 0 Å². The molecule has 0 unspecified atom stereocenters. The molecule has 0 amide bonds. The number of rotatable bonds is 1. The zero-order valence-electron chi connectivity index (χ0n) is 15.7. The van der Waals surface area contributed by atoms with E-state index in [-0.39, 0.29) is 18.3 Å². The second-order valence-corrected chi connectivity index (χ2v) is 6.63. The number of aromatic nitrogens is 1. The van der Waals surface area contributed by atoms with Crippen LogP contribution in [0.2, 0.25) is 5.02 Å². The van der Waals surface area contributed by atoms with Gasteiger partial charge in [0.1, 0.15) is 0 Å². The standard InChI is InChI=1S/C15H17BClNO2.C2H6.CH5N/c1-14(2)15(3,4)20-16(19-14)11-7-10-5-6-12(17)8-13(10)18-9-11;2*1-2/h5-9H,1-4H3;1-2H3;2H2,1H3. The lowest BCUT2D eigenvalue weighted by Gasteiger charge is -2.32. The Bertz CT molecular complexity index is 661. The van der Waals surface area contributed by atoms with Gasteiger partial charge in [0, 0.05) is 16.7 Å². The van der Waals surface area contributed by atoms with Gasteiger partial charge in [0.2, 0.25) is 0 Å². The molecule has 1 aromatic heterocycles. The SMILES string of the molecule is CC.CC1(C)OB(c2cnc3cc(Cl)ccc3c2)OC1(C)C.CN. The van der Waals surface area contributed by atoms with Crippen molar-refractivity contribution >= 4 is 35.1 Å². The van der Waals surface area contributed by atoms with Crippen molar-refractivity contribution in [1.29, 1.82) is 0 Å². The van der Waals surface area contributed by atoms with Crippen LogP contribution in [0.3, 0.4) is 0 Å². The van der Waals surface area contributed by atoms with Crippen LogP contribution in [0.4, 0.5) is 0 Å². The summed E-state index contributed by atoms with van der Waals surface area (Å²) in [4.78, 5) is 4.44. The Morgan fingerprint density at radius 3 is 2.08 bits per heavy atom. The molecule has 0 bridgehead atoms. The van der Waals surface area contributed by atoms with Crippen molar-refractivity contribution in [3.8, 4) is 0 Å². The fraction of sp³-hybridized carbons (Fsp3) is 0.500. The molecule has 1 saturated heterocycles. The smallest absolute Gasteiger partial charge is 0.399 e. The second kappa shape index (κ2) is 8.30. The minimum Gasteiger partial charge on any atom is -0.399 e. The van der Waals surface area contributed by atoms with Crippen LogP contribution >= 0.6 is 11.6 Å². The fourth-order valence-corrected chi connectivity index (χ4v) is 2.39. The minimum atomic E-state index is -0.382. The van der Waals surface area contributed by atoms with Crippen LogP contribution in [0.15, 0.2) is 30.5 Å². The summed E-state index contributed by atoms with van der Waals surface area (Å²) in [6.45, 7) is 12.2. The molecule has 2 heterocycles. The van der Waals surface area contributed by atoms with E-state index in [4.69, 9.17) is 20.9 Å². The molecule has 0 saturated carbocycles. The molecule has 1 aliphatic heterocycles. The van der Waals surface area contributed by atoms with Crippen LogP contribution in [-0.2, 0) is 9.31 Å². The zero-order chi connectivity index (χ0) is 18.5. The van der Waals surface area contributed by atoms with Gasteiger partial charge in [-0.15, -0.1) is 0 Å². The lowest BCUT2D eigenvalue weighted by atomic mass is 9.80. The molecule has 0 radical (unpaired) electrons. The Morgan fingerprint density at radius 1 is 1.00 bits per heavy atom. The van der Waals surface area contributed by atoms with E-state index >= 15 is 0 Å². The third kappa shape index (κ3) is 4.28. The maximum Gasteiger partial charge on any atom is 0.496 e. The highest BCUT2D eigenvalue weighted by Gasteiger charge is 2.51. The van der Waals surface area contributed by atoms with Gasteiger partial charge in [-0.2, -0.15) is 0 Å². The van der Waals surface area contributed by atoms with E-state index in [9.17, 15) is 0 Å². The van der Waals surface area contributed by atoms with Crippen molar-refractivity contribution in [3.05, 3.63) is 35.5 Å². The molecule has 1 fully saturated rings. The van der Waals surface area contributed by atoms with Crippen LogP contribution in [0.5, 0.6) is 0 Å². The fourth-order valence-electron chi connectivity index (χ4n) is 2.22. The molecule has 132 valence electrons. The normalized spacial score (nSPS) is 17.6. The first kappa shape index (κ1) is 20.9. The van der Waals surface area contributed by atoms with E-state index in [2.05, 4.69) is 10.7 Å². The molecule has 1 aromatic carbocycles. The monoisotopic (exact) mass is 350 g/mol. The maximum atomic E-state index is 6.03. The van der Waals surface area contributed by atoms with Crippen molar-refractivity contribution in [2.75, 3.05) is 7.05 Å². The van der Waals surface area contributed by atoms with Crippen molar-refractivity contribution in [3.63, 3.8) is 0 Å². The minimum absolute atomic E-state index is 0.341. The Hall–Kier alpha value is -1.14. The molecule has 3 rings (SSSR count). The highest BCUT2D eigenvalue weighted by Crippen LogP contribution is 2.36. The third-order valence-corrected chi connectivity index (χ3v) is 4.43. The van der Waals surface area contributed by atoms with Gasteiger partial charge in [0.05, 0.1) is 16.7 Å². The van der Waals surface area contributed by atoms with Crippen LogP contribution in [0.1, 0.15) is 41.5 Å². The number of pyridine rings is 1. The lowest BCUT2D eigenvalue weighted by molar-refractivity contribution is 0.00578. The molecule has 24 heavy (non-hydrogen) atoms.